The van der Waals surface area contributed by atoms with Crippen molar-refractivity contribution in [3.05, 3.63) is 54.1 Å². The number of aliphatic hydroxyl groups is 4. The van der Waals surface area contributed by atoms with E-state index in [2.05, 4.69) is 5.32 Å². The number of esters is 1. The van der Waals surface area contributed by atoms with Crippen molar-refractivity contribution in [2.24, 2.45) is 0 Å². The second kappa shape index (κ2) is 13.3. The van der Waals surface area contributed by atoms with Gasteiger partial charge in [-0.05, 0) is 37.1 Å². The van der Waals surface area contributed by atoms with E-state index in [-0.39, 0.29) is 30.8 Å². The Morgan fingerprint density at radius 2 is 1.76 bits per heavy atom. The number of nitrogens with one attached hydrogen (secondary N) is 1. The molecule has 12 nitrogen and oxygen atoms in total. The van der Waals surface area contributed by atoms with Crippen LogP contribution in [0.1, 0.15) is 30.1 Å². The molecule has 1 amide bonds. The molecular formula is C26H31NO11. The van der Waals surface area contributed by atoms with Crippen molar-refractivity contribution < 1.29 is 54.1 Å². The predicted molar refractivity (Wildman–Crippen MR) is 131 cm³/mol. The summed E-state index contributed by atoms with van der Waals surface area (Å²) in [6.07, 6.45) is -7.79. The molecule has 2 aromatic carbocycles. The topological polar surface area (TPSA) is 192 Å². The van der Waals surface area contributed by atoms with Crippen LogP contribution in [0.25, 0.3) is 11.1 Å². The second-order valence-corrected chi connectivity index (χ2v) is 8.60. The maximum Gasteiger partial charge on any atom is 0.328 e. The number of para-hydroxylation sites is 1. The fraction of sp³-hybridized carbons (Fsp3) is 0.423. The second-order valence-electron chi connectivity index (χ2n) is 8.60. The van der Waals surface area contributed by atoms with Crippen LogP contribution in [0.3, 0.4) is 0 Å². The average Bonchev–Trinajstić information content (AvgIpc) is 2.91. The van der Waals surface area contributed by atoms with E-state index >= 15 is 0 Å². The smallest absolute Gasteiger partial charge is 0.328 e. The van der Waals surface area contributed by atoms with Crippen molar-refractivity contribution in [2.75, 3.05) is 13.2 Å². The van der Waals surface area contributed by atoms with Crippen LogP contribution < -0.4 is 10.1 Å². The number of aliphatic hydroxyl groups excluding tert-OH is 4. The van der Waals surface area contributed by atoms with Crippen LogP contribution in [-0.2, 0) is 19.1 Å². The third kappa shape index (κ3) is 7.05. The maximum atomic E-state index is 12.9. The molecular weight excluding hydrogens is 502 g/mol. The van der Waals surface area contributed by atoms with E-state index in [0.717, 1.165) is 0 Å². The van der Waals surface area contributed by atoms with Crippen LogP contribution >= 0.6 is 0 Å². The van der Waals surface area contributed by atoms with E-state index in [1.54, 1.807) is 43.3 Å². The molecule has 12 heteroatoms. The highest BCUT2D eigenvalue weighted by Gasteiger charge is 2.44. The summed E-state index contributed by atoms with van der Waals surface area (Å²) in [7, 11) is 0. The summed E-state index contributed by atoms with van der Waals surface area (Å²) >= 11 is 0. The molecule has 0 aliphatic carbocycles. The summed E-state index contributed by atoms with van der Waals surface area (Å²) in [5, 5.41) is 51.3. The lowest BCUT2D eigenvalue weighted by atomic mass is 9.99. The number of aliphatic carboxylic acids is 1. The molecule has 6 N–H and O–H groups in total. The Hall–Kier alpha value is -3.55. The molecule has 0 radical (unpaired) electrons. The van der Waals surface area contributed by atoms with E-state index in [4.69, 9.17) is 19.3 Å². The summed E-state index contributed by atoms with van der Waals surface area (Å²) in [6.45, 7) is 1.06. The highest BCUT2D eigenvalue weighted by atomic mass is 16.7. The molecule has 0 spiro atoms. The van der Waals surface area contributed by atoms with Crippen LogP contribution in [0.2, 0.25) is 0 Å². The number of carboxylic acid groups (broad SMARTS) is 1. The molecule has 3 rings (SSSR count). The third-order valence-electron chi connectivity index (χ3n) is 5.94. The normalized spacial score (nSPS) is 23.8. The number of carboxylic acids is 1. The quantitative estimate of drug-likeness (QED) is 0.214. The number of hydrogen-bond donors (Lipinski definition) is 6. The summed E-state index contributed by atoms with van der Waals surface area (Å²) in [5.41, 5.74) is 1.19. The van der Waals surface area contributed by atoms with Gasteiger partial charge in [0.15, 0.2) is 0 Å². The molecule has 1 heterocycles. The molecule has 1 aliphatic rings. The number of hydrogen-bond acceptors (Lipinski definition) is 10. The van der Waals surface area contributed by atoms with E-state index in [1.807, 2.05) is 0 Å². The number of carbonyl (C=O) groups excluding carboxylic acids is 2. The fourth-order valence-electron chi connectivity index (χ4n) is 3.93. The standard InChI is InChI=1S/C26H31NO11/c1-2-36-25(35)17(10-11-20(29)30)27-24(34)15-7-5-6-14(12-15)16-8-3-4-9-18(16)37-26-23(33)22(32)21(31)19(13-28)38-26/h3-9,12,17,19,21-23,26,28,31-33H,2,10-11,13H2,1H3,(H,27,34)(H,29,30)/t17-,19+,21+,22-,23-,26-/m0/s1. The van der Waals surface area contributed by atoms with Gasteiger partial charge in [-0.15, -0.1) is 0 Å². The summed E-state index contributed by atoms with van der Waals surface area (Å²) in [6, 6.07) is 11.8. The van der Waals surface area contributed by atoms with E-state index < -0.39 is 61.2 Å². The van der Waals surface area contributed by atoms with Crippen LogP contribution in [0.15, 0.2) is 48.5 Å². The van der Waals surface area contributed by atoms with Gasteiger partial charge in [0, 0.05) is 17.5 Å². The first-order valence-electron chi connectivity index (χ1n) is 12.0. The summed E-state index contributed by atoms with van der Waals surface area (Å²) in [5.74, 6) is -2.26. The van der Waals surface area contributed by atoms with E-state index in [0.29, 0.717) is 11.1 Å². The van der Waals surface area contributed by atoms with Crippen molar-refractivity contribution in [3.63, 3.8) is 0 Å². The van der Waals surface area contributed by atoms with Crippen molar-refractivity contribution in [2.45, 2.75) is 56.5 Å². The molecule has 1 aliphatic heterocycles. The van der Waals surface area contributed by atoms with E-state index in [1.165, 1.54) is 12.1 Å². The molecule has 206 valence electrons. The molecule has 0 saturated carbocycles. The molecule has 0 unspecified atom stereocenters. The number of amides is 1. The first-order chi connectivity index (χ1) is 18.2. The maximum absolute atomic E-state index is 12.9. The number of rotatable bonds is 11. The lowest BCUT2D eigenvalue weighted by Gasteiger charge is -2.39. The third-order valence-corrected chi connectivity index (χ3v) is 5.94. The zero-order valence-electron chi connectivity index (χ0n) is 20.6. The summed E-state index contributed by atoms with van der Waals surface area (Å²) in [4.78, 5) is 36.1. The van der Waals surface area contributed by atoms with Gasteiger partial charge in [-0.3, -0.25) is 9.59 Å². The molecule has 1 fully saturated rings. The van der Waals surface area contributed by atoms with Gasteiger partial charge in [0.05, 0.1) is 13.2 Å². The zero-order valence-corrected chi connectivity index (χ0v) is 20.6. The predicted octanol–water partition coefficient (Wildman–Crippen LogP) is 0.0586. The minimum absolute atomic E-state index is 0.0684. The Morgan fingerprint density at radius 3 is 2.45 bits per heavy atom. The first-order valence-corrected chi connectivity index (χ1v) is 12.0. The highest BCUT2D eigenvalue weighted by Crippen LogP contribution is 2.33. The minimum Gasteiger partial charge on any atom is -0.481 e. The number of carbonyl (C=O) groups is 3. The number of benzene rings is 2. The van der Waals surface area contributed by atoms with Crippen molar-refractivity contribution in [1.29, 1.82) is 0 Å². The van der Waals surface area contributed by atoms with Crippen molar-refractivity contribution >= 4 is 17.8 Å². The molecule has 6 atom stereocenters. The fourth-order valence-corrected chi connectivity index (χ4v) is 3.93. The Kier molecular flexibility index (Phi) is 10.2. The van der Waals surface area contributed by atoms with Gasteiger partial charge >= 0.3 is 11.9 Å². The SMILES string of the molecule is CCOC(=O)[C@H](CCC(=O)O)NC(=O)c1cccc(-c2ccccc2O[C@H]2O[C@H](CO)[C@@H](O)[C@H](O)[C@@H]2O)c1. The number of ether oxygens (including phenoxy) is 3. The first kappa shape index (κ1) is 29.0. The molecule has 38 heavy (non-hydrogen) atoms. The van der Waals surface area contributed by atoms with Gasteiger partial charge in [-0.2, -0.15) is 0 Å². The van der Waals surface area contributed by atoms with Crippen molar-refractivity contribution in [1.82, 2.24) is 5.32 Å². The average molecular weight is 534 g/mol. The van der Waals surface area contributed by atoms with Gasteiger partial charge in [-0.25, -0.2) is 4.79 Å². The van der Waals surface area contributed by atoms with E-state index in [9.17, 15) is 34.8 Å². The Labute approximate surface area is 218 Å². The molecule has 1 saturated heterocycles. The minimum atomic E-state index is -1.61. The molecule has 0 aromatic heterocycles. The summed E-state index contributed by atoms with van der Waals surface area (Å²) < 4.78 is 16.2. The highest BCUT2D eigenvalue weighted by molar-refractivity contribution is 5.98. The van der Waals surface area contributed by atoms with Crippen LogP contribution in [-0.4, -0.2) is 93.3 Å². The van der Waals surface area contributed by atoms with Crippen molar-refractivity contribution in [3.8, 4) is 16.9 Å². The van der Waals surface area contributed by atoms with Gasteiger partial charge in [0.1, 0.15) is 36.2 Å². The van der Waals surface area contributed by atoms with Gasteiger partial charge in [0.2, 0.25) is 6.29 Å². The largest absolute Gasteiger partial charge is 0.481 e. The van der Waals surface area contributed by atoms with Crippen LogP contribution in [0, 0.1) is 0 Å². The van der Waals surface area contributed by atoms with Gasteiger partial charge < -0.3 is 45.1 Å². The van der Waals surface area contributed by atoms with Crippen LogP contribution in [0.5, 0.6) is 5.75 Å². The Balaban J connectivity index is 1.82. The Bertz CT molecular complexity index is 1120. The molecule has 0 bridgehead atoms. The zero-order chi connectivity index (χ0) is 27.8. The lowest BCUT2D eigenvalue weighted by Crippen LogP contribution is -2.60. The van der Waals surface area contributed by atoms with Gasteiger partial charge in [-0.1, -0.05) is 30.3 Å². The lowest BCUT2D eigenvalue weighted by molar-refractivity contribution is -0.277. The monoisotopic (exact) mass is 533 g/mol. The molecule has 2 aromatic rings. The van der Waals surface area contributed by atoms with Crippen LogP contribution in [0.4, 0.5) is 0 Å². The Morgan fingerprint density at radius 1 is 1.03 bits per heavy atom. The van der Waals surface area contributed by atoms with Gasteiger partial charge in [0.25, 0.3) is 5.91 Å².